The minimum absolute atomic E-state index is 0.157. The Hall–Kier alpha value is -1.25. The Morgan fingerprint density at radius 2 is 2.17 bits per heavy atom. The number of hydrogen-bond donors (Lipinski definition) is 0. The third kappa shape index (κ3) is 3.81. The van der Waals surface area contributed by atoms with Gasteiger partial charge in [-0.15, -0.1) is 0 Å². The van der Waals surface area contributed by atoms with E-state index in [1.807, 2.05) is 6.08 Å². The monoisotopic (exact) mass is 168 g/mol. The largest absolute Gasteiger partial charge is 0.502 e. The summed E-state index contributed by atoms with van der Waals surface area (Å²) in [5, 5.41) is 0. The van der Waals surface area contributed by atoms with Crippen LogP contribution in [0.25, 0.3) is 0 Å². The Morgan fingerprint density at radius 3 is 2.33 bits per heavy atom. The highest BCUT2D eigenvalue weighted by Crippen LogP contribution is 1.98. The molecule has 3 heteroatoms. The third-order valence-corrected chi connectivity index (χ3v) is 1.41. The van der Waals surface area contributed by atoms with Crippen LogP contribution in [0.4, 0.5) is 0 Å². The van der Waals surface area contributed by atoms with E-state index in [1.165, 1.54) is 19.1 Å². The zero-order chi connectivity index (χ0) is 8.65. The maximum Gasteiger partial charge on any atom is 0.314 e. The molecule has 0 spiro atoms. The minimum atomic E-state index is -0.157. The molecule has 0 aliphatic carbocycles. The average Bonchev–Trinajstić information content (AvgIpc) is 2.60. The molecule has 0 atom stereocenters. The molecule has 0 fully saturated rings. The van der Waals surface area contributed by atoms with Gasteiger partial charge in [-0.1, -0.05) is 0 Å². The van der Waals surface area contributed by atoms with Crippen LogP contribution in [0.3, 0.4) is 0 Å². The van der Waals surface area contributed by atoms with Crippen molar-refractivity contribution in [1.29, 1.82) is 0 Å². The van der Waals surface area contributed by atoms with Crippen molar-refractivity contribution in [2.24, 2.45) is 0 Å². The van der Waals surface area contributed by atoms with Gasteiger partial charge in [0.15, 0.2) is 0 Å². The number of ether oxygens (including phenoxy) is 2. The van der Waals surface area contributed by atoms with Crippen molar-refractivity contribution in [3.8, 4) is 0 Å². The molecule has 0 saturated carbocycles. The van der Waals surface area contributed by atoms with E-state index in [0.29, 0.717) is 6.42 Å². The Bertz CT molecular complexity index is 174. The Labute approximate surface area is 71.7 Å². The van der Waals surface area contributed by atoms with E-state index in [4.69, 9.17) is 4.74 Å². The molecule has 2 aliphatic heterocycles. The number of rotatable bonds is 0. The Kier molecular flexibility index (Phi) is 3.98. The van der Waals surface area contributed by atoms with E-state index in [0.717, 1.165) is 6.61 Å². The molecule has 2 rings (SSSR count). The molecule has 0 aromatic heterocycles. The average molecular weight is 168 g/mol. The van der Waals surface area contributed by atoms with E-state index < -0.39 is 0 Å². The normalized spacial score (nSPS) is 19.2. The van der Waals surface area contributed by atoms with Gasteiger partial charge in [0.2, 0.25) is 0 Å². The van der Waals surface area contributed by atoms with Crippen LogP contribution in [0.1, 0.15) is 19.3 Å². The quantitative estimate of drug-likeness (QED) is 0.517. The van der Waals surface area contributed by atoms with Crippen molar-refractivity contribution >= 4 is 5.97 Å². The molecule has 0 radical (unpaired) electrons. The first-order valence-electron chi connectivity index (χ1n) is 4.01. The van der Waals surface area contributed by atoms with Gasteiger partial charge >= 0.3 is 5.97 Å². The summed E-state index contributed by atoms with van der Waals surface area (Å²) in [6.07, 6.45) is 9.73. The summed E-state index contributed by atoms with van der Waals surface area (Å²) in [4.78, 5) is 9.96. The van der Waals surface area contributed by atoms with Gasteiger partial charge in [0, 0.05) is 0 Å². The summed E-state index contributed by atoms with van der Waals surface area (Å²) < 4.78 is 9.22. The molecular formula is C9H12O3. The number of hydrogen-bond acceptors (Lipinski definition) is 3. The first kappa shape index (κ1) is 8.84. The van der Waals surface area contributed by atoms with E-state index in [2.05, 4.69) is 4.74 Å². The molecule has 0 saturated heterocycles. The zero-order valence-electron chi connectivity index (χ0n) is 6.86. The predicted molar refractivity (Wildman–Crippen MR) is 44.2 cm³/mol. The number of cyclic esters (lactones) is 1. The van der Waals surface area contributed by atoms with Crippen LogP contribution in [0, 0.1) is 0 Å². The maximum atomic E-state index is 9.96. The summed E-state index contributed by atoms with van der Waals surface area (Å²) in [6, 6.07) is 0. The van der Waals surface area contributed by atoms with Crippen LogP contribution < -0.4 is 0 Å². The lowest BCUT2D eigenvalue weighted by Crippen LogP contribution is -1.90. The highest BCUT2D eigenvalue weighted by atomic mass is 16.5. The first-order chi connectivity index (χ1) is 5.89. The SMILES string of the molecule is C1=COCCC1.O=C1CC=CO1. The second-order valence-electron chi connectivity index (χ2n) is 2.45. The maximum absolute atomic E-state index is 9.96. The first-order valence-corrected chi connectivity index (χ1v) is 4.01. The van der Waals surface area contributed by atoms with Gasteiger partial charge in [-0.2, -0.15) is 0 Å². The van der Waals surface area contributed by atoms with Gasteiger partial charge in [0.25, 0.3) is 0 Å². The molecule has 0 bridgehead atoms. The second kappa shape index (κ2) is 5.41. The fraction of sp³-hybridized carbons (Fsp3) is 0.444. The predicted octanol–water partition coefficient (Wildman–Crippen LogP) is 1.76. The lowest BCUT2D eigenvalue weighted by Gasteiger charge is -2.01. The molecule has 2 aliphatic rings. The van der Waals surface area contributed by atoms with Crippen molar-refractivity contribution in [3.63, 3.8) is 0 Å². The molecule has 0 unspecified atom stereocenters. The number of carbonyl (C=O) groups is 1. The van der Waals surface area contributed by atoms with Gasteiger partial charge in [0.05, 0.1) is 25.6 Å². The van der Waals surface area contributed by atoms with Gasteiger partial charge < -0.3 is 9.47 Å². The molecule has 0 aromatic rings. The van der Waals surface area contributed by atoms with Gasteiger partial charge in [-0.05, 0) is 25.0 Å². The lowest BCUT2D eigenvalue weighted by atomic mass is 10.3. The summed E-state index contributed by atoms with van der Waals surface area (Å²) in [6.45, 7) is 0.913. The lowest BCUT2D eigenvalue weighted by molar-refractivity contribution is -0.135. The van der Waals surface area contributed by atoms with E-state index in [-0.39, 0.29) is 5.97 Å². The summed E-state index contributed by atoms with van der Waals surface area (Å²) in [5.41, 5.74) is 0. The second-order valence-corrected chi connectivity index (χ2v) is 2.45. The molecule has 0 aromatic carbocycles. The number of carbonyl (C=O) groups excluding carboxylic acids is 1. The van der Waals surface area contributed by atoms with Crippen LogP contribution in [0.5, 0.6) is 0 Å². The van der Waals surface area contributed by atoms with Crippen molar-refractivity contribution < 1.29 is 14.3 Å². The van der Waals surface area contributed by atoms with Gasteiger partial charge in [0.1, 0.15) is 0 Å². The summed E-state index contributed by atoms with van der Waals surface area (Å²) in [7, 11) is 0. The summed E-state index contributed by atoms with van der Waals surface area (Å²) >= 11 is 0. The van der Waals surface area contributed by atoms with Crippen molar-refractivity contribution in [2.45, 2.75) is 19.3 Å². The highest BCUT2D eigenvalue weighted by molar-refractivity contribution is 5.73. The molecule has 3 nitrogen and oxygen atoms in total. The summed E-state index contributed by atoms with van der Waals surface area (Å²) in [5.74, 6) is -0.157. The Balaban J connectivity index is 0.000000120. The molecule has 0 N–H and O–H groups in total. The number of esters is 1. The van der Waals surface area contributed by atoms with Crippen molar-refractivity contribution in [2.75, 3.05) is 6.61 Å². The molecule has 0 amide bonds. The van der Waals surface area contributed by atoms with Crippen molar-refractivity contribution in [3.05, 3.63) is 24.7 Å². The fourth-order valence-corrected chi connectivity index (χ4v) is 0.805. The van der Waals surface area contributed by atoms with Crippen LogP contribution in [0.2, 0.25) is 0 Å². The minimum Gasteiger partial charge on any atom is -0.502 e. The highest BCUT2D eigenvalue weighted by Gasteiger charge is 2.00. The number of allylic oxidation sites excluding steroid dienone is 1. The molecule has 2 heterocycles. The molecule has 12 heavy (non-hydrogen) atoms. The van der Waals surface area contributed by atoms with Crippen molar-refractivity contribution in [1.82, 2.24) is 0 Å². The van der Waals surface area contributed by atoms with E-state index >= 15 is 0 Å². The van der Waals surface area contributed by atoms with Gasteiger partial charge in [-0.25, -0.2) is 0 Å². The standard InChI is InChI=1S/C5H8O.C4H4O2/c1-2-4-6-5-3-1;5-4-2-1-3-6-4/h2,4H,1,3,5H2;1,3H,2H2. The smallest absolute Gasteiger partial charge is 0.314 e. The third-order valence-electron chi connectivity index (χ3n) is 1.41. The molecule has 66 valence electrons. The van der Waals surface area contributed by atoms with Gasteiger partial charge in [-0.3, -0.25) is 4.79 Å². The topological polar surface area (TPSA) is 35.5 Å². The van der Waals surface area contributed by atoms with Crippen LogP contribution in [-0.4, -0.2) is 12.6 Å². The van der Waals surface area contributed by atoms with E-state index in [9.17, 15) is 4.79 Å². The van der Waals surface area contributed by atoms with Crippen LogP contribution in [0.15, 0.2) is 24.7 Å². The fourth-order valence-electron chi connectivity index (χ4n) is 0.805. The van der Waals surface area contributed by atoms with Crippen LogP contribution >= 0.6 is 0 Å². The Morgan fingerprint density at radius 1 is 1.25 bits per heavy atom. The van der Waals surface area contributed by atoms with E-state index in [1.54, 1.807) is 12.3 Å². The zero-order valence-corrected chi connectivity index (χ0v) is 6.86. The molecular weight excluding hydrogens is 156 g/mol. The van der Waals surface area contributed by atoms with Crippen LogP contribution in [-0.2, 0) is 14.3 Å².